The molecule has 2 rings (SSSR count). The fourth-order valence-corrected chi connectivity index (χ4v) is 4.69. The maximum Gasteiger partial charge on any atom is 0.414 e. The molecule has 0 aliphatic carbocycles. The van der Waals surface area contributed by atoms with Gasteiger partial charge in [-0.25, -0.2) is 17.5 Å². The average Bonchev–Trinajstić information content (AvgIpc) is 2.61. The monoisotopic (exact) mass is 480 g/mol. The van der Waals surface area contributed by atoms with Gasteiger partial charge in [-0.3, -0.25) is 4.90 Å². The highest BCUT2D eigenvalue weighted by molar-refractivity contribution is 9.11. The van der Waals surface area contributed by atoms with Crippen molar-refractivity contribution in [3.05, 3.63) is 45.8 Å². The van der Waals surface area contributed by atoms with Crippen molar-refractivity contribution in [2.45, 2.75) is 25.8 Å². The molecule has 2 fully saturated rings. The number of amides is 1. The molecule has 150 valence electrons. The first-order valence-corrected chi connectivity index (χ1v) is 11.1. The third-order valence-electron chi connectivity index (χ3n) is 4.30. The number of nitrogens with zero attached hydrogens (tertiary/aromatic N) is 2. The summed E-state index contributed by atoms with van der Waals surface area (Å²) in [6.07, 6.45) is 4.06. The highest BCUT2D eigenvalue weighted by Gasteiger charge is 2.37. The normalized spacial score (nSPS) is 23.1. The van der Waals surface area contributed by atoms with Crippen molar-refractivity contribution in [3.63, 3.8) is 0 Å². The molecule has 2 saturated heterocycles. The molecule has 0 spiro atoms. The highest BCUT2D eigenvalue weighted by Crippen LogP contribution is 2.30. The Morgan fingerprint density at radius 3 is 2.63 bits per heavy atom. The third kappa shape index (κ3) is 5.60. The molecule has 2 aliphatic rings. The molecule has 0 unspecified atom stereocenters. The number of ether oxygens (including phenoxy) is 1. The summed E-state index contributed by atoms with van der Waals surface area (Å²) in [5, 5.41) is 9.41. The van der Waals surface area contributed by atoms with Crippen LogP contribution in [0.2, 0.25) is 0 Å². The van der Waals surface area contributed by atoms with Crippen LogP contribution < -0.4 is 0 Å². The predicted octanol–water partition coefficient (Wildman–Crippen LogP) is 3.61. The first-order valence-electron chi connectivity index (χ1n) is 8.30. The van der Waals surface area contributed by atoms with Crippen molar-refractivity contribution < 1.29 is 23.1 Å². The topological polar surface area (TPSA) is 87.2 Å². The summed E-state index contributed by atoms with van der Waals surface area (Å²) in [6, 6.07) is -0.201. The minimum atomic E-state index is -3.66. The second-order valence-electron chi connectivity index (χ2n) is 6.32. The number of allylic oxidation sites excluding steroid dienone is 3. The molecule has 1 amide bonds. The van der Waals surface area contributed by atoms with E-state index in [1.54, 1.807) is 11.0 Å². The smallest absolute Gasteiger partial charge is 0.414 e. The van der Waals surface area contributed by atoms with Gasteiger partial charge in [-0.1, -0.05) is 40.2 Å². The van der Waals surface area contributed by atoms with Crippen LogP contribution in [0.25, 0.3) is 0 Å². The van der Waals surface area contributed by atoms with E-state index in [9.17, 15) is 18.3 Å². The van der Waals surface area contributed by atoms with Crippen molar-refractivity contribution in [1.29, 1.82) is 0 Å². The number of hydrogen-bond donors (Lipinski definition) is 1. The molecule has 2 heterocycles. The van der Waals surface area contributed by atoms with Gasteiger partial charge in [-0.05, 0) is 30.3 Å². The van der Waals surface area contributed by atoms with Crippen molar-refractivity contribution >= 4 is 43.6 Å². The minimum absolute atomic E-state index is 0.133. The van der Waals surface area contributed by atoms with E-state index >= 15 is 0 Å². The first-order chi connectivity index (χ1) is 12.7. The largest absolute Gasteiger partial charge is 0.510 e. The maximum atomic E-state index is 12.4. The molecule has 0 radical (unpaired) electrons. The van der Waals surface area contributed by atoms with Crippen molar-refractivity contribution in [1.82, 2.24) is 9.21 Å². The van der Waals surface area contributed by atoms with Gasteiger partial charge >= 0.3 is 6.09 Å². The lowest BCUT2D eigenvalue weighted by Gasteiger charge is -2.40. The molecule has 27 heavy (non-hydrogen) atoms. The molecule has 0 bridgehead atoms. The van der Waals surface area contributed by atoms with Gasteiger partial charge in [0.25, 0.3) is 0 Å². The predicted molar refractivity (Wildman–Crippen MR) is 108 cm³/mol. The Bertz CT molecular complexity index is 794. The van der Waals surface area contributed by atoms with Crippen LogP contribution in [0, 0.1) is 0 Å². The average molecular weight is 482 g/mol. The Hall–Kier alpha value is -1.29. The van der Waals surface area contributed by atoms with Gasteiger partial charge in [0.15, 0.2) is 0 Å². The molecular weight excluding hydrogens is 460 g/mol. The van der Waals surface area contributed by atoms with Crippen LogP contribution in [0.1, 0.15) is 19.8 Å². The number of carbonyl (C=O) groups is 1. The third-order valence-corrected chi connectivity index (χ3v) is 6.63. The Morgan fingerprint density at radius 2 is 2.07 bits per heavy atom. The zero-order valence-corrected chi connectivity index (χ0v) is 18.1. The summed E-state index contributed by atoms with van der Waals surface area (Å²) in [6.45, 7) is 6.44. The van der Waals surface area contributed by atoms with Crippen LogP contribution in [0.5, 0.6) is 0 Å². The van der Waals surface area contributed by atoms with Gasteiger partial charge in [0.1, 0.15) is 18.1 Å². The van der Waals surface area contributed by atoms with E-state index in [1.165, 1.54) is 4.31 Å². The number of halogens is 2. The van der Waals surface area contributed by atoms with Gasteiger partial charge in [0, 0.05) is 30.2 Å². The SMILES string of the molecule is C=C1COC(=O)N(C2CCN(S(=O)(=O)C/C(O)=C/Cl)CC2)/C1=C/C=C(\C)Br. The summed E-state index contributed by atoms with van der Waals surface area (Å²) in [5.41, 5.74) is 2.21. The van der Waals surface area contributed by atoms with Gasteiger partial charge in [0.05, 0.1) is 5.70 Å². The van der Waals surface area contributed by atoms with E-state index in [0.717, 1.165) is 10.0 Å². The van der Waals surface area contributed by atoms with Crippen molar-refractivity contribution in [2.75, 3.05) is 25.4 Å². The number of aliphatic hydroxyl groups is 1. The fourth-order valence-electron chi connectivity index (χ4n) is 2.99. The molecule has 7 nitrogen and oxygen atoms in total. The number of carbonyl (C=O) groups excluding carboxylic acids is 1. The molecule has 0 aromatic heterocycles. The molecule has 0 aromatic rings. The van der Waals surface area contributed by atoms with E-state index in [0.29, 0.717) is 24.1 Å². The quantitative estimate of drug-likeness (QED) is 0.606. The Labute approximate surface area is 172 Å². The molecule has 0 atom stereocenters. The Kier molecular flexibility index (Phi) is 7.55. The second-order valence-corrected chi connectivity index (χ2v) is 9.76. The van der Waals surface area contributed by atoms with Crippen LogP contribution in [0.15, 0.2) is 45.8 Å². The molecule has 1 N–H and O–H groups in total. The van der Waals surface area contributed by atoms with Crippen LogP contribution >= 0.6 is 27.5 Å². The lowest BCUT2D eigenvalue weighted by Crippen LogP contribution is -2.50. The molecule has 2 aliphatic heterocycles. The summed E-state index contributed by atoms with van der Waals surface area (Å²) >= 11 is 8.70. The molecular formula is C17H22BrClN2O5S. The number of piperidine rings is 1. The fraction of sp³-hybridized carbons (Fsp3) is 0.471. The Morgan fingerprint density at radius 1 is 1.44 bits per heavy atom. The molecule has 0 saturated carbocycles. The standard InChI is InChI=1S/C17H22BrClN2O5S/c1-12-10-26-17(23)21(16(12)4-3-13(2)18)14-5-7-20(8-6-14)27(24,25)11-15(22)9-19/h3-4,9,14,22H,1,5-8,10-11H2,2H3/b13-3+,15-9-,16-4+. The van der Waals surface area contributed by atoms with Crippen molar-refractivity contribution in [3.8, 4) is 0 Å². The lowest BCUT2D eigenvalue weighted by atomic mass is 10.0. The van der Waals surface area contributed by atoms with E-state index in [2.05, 4.69) is 22.5 Å². The van der Waals surface area contributed by atoms with Gasteiger partial charge in [0.2, 0.25) is 10.0 Å². The van der Waals surface area contributed by atoms with Crippen LogP contribution in [0.3, 0.4) is 0 Å². The second kappa shape index (κ2) is 9.27. The van der Waals surface area contributed by atoms with E-state index in [-0.39, 0.29) is 25.7 Å². The summed E-state index contributed by atoms with van der Waals surface area (Å²) in [7, 11) is -3.66. The number of aliphatic hydroxyl groups excluding tert-OH is 1. The zero-order valence-electron chi connectivity index (χ0n) is 14.9. The highest BCUT2D eigenvalue weighted by atomic mass is 79.9. The minimum Gasteiger partial charge on any atom is -0.510 e. The van der Waals surface area contributed by atoms with Crippen molar-refractivity contribution in [2.24, 2.45) is 0 Å². The van der Waals surface area contributed by atoms with E-state index in [4.69, 9.17) is 16.3 Å². The lowest BCUT2D eigenvalue weighted by molar-refractivity contribution is 0.0821. The summed E-state index contributed by atoms with van der Waals surface area (Å²) in [5.74, 6) is -0.943. The molecule has 0 aromatic carbocycles. The number of rotatable bonds is 5. The van der Waals surface area contributed by atoms with E-state index < -0.39 is 27.6 Å². The zero-order chi connectivity index (χ0) is 20.2. The number of sulfonamides is 1. The van der Waals surface area contributed by atoms with Crippen LogP contribution in [-0.2, 0) is 14.8 Å². The first kappa shape index (κ1) is 22.0. The van der Waals surface area contributed by atoms with Gasteiger partial charge in [-0.2, -0.15) is 0 Å². The Balaban J connectivity index is 2.15. The molecule has 10 heteroatoms. The van der Waals surface area contributed by atoms with Crippen LogP contribution in [-0.4, -0.2) is 60.3 Å². The van der Waals surface area contributed by atoms with Crippen LogP contribution in [0.4, 0.5) is 4.79 Å². The summed E-state index contributed by atoms with van der Waals surface area (Å²) < 4.78 is 32.0. The maximum absolute atomic E-state index is 12.4. The van der Waals surface area contributed by atoms with E-state index in [1.807, 2.05) is 13.0 Å². The van der Waals surface area contributed by atoms with Gasteiger partial charge < -0.3 is 9.84 Å². The van der Waals surface area contributed by atoms with Gasteiger partial charge in [-0.15, -0.1) is 0 Å². The number of hydrogen-bond acceptors (Lipinski definition) is 5. The number of cyclic esters (lactones) is 1. The summed E-state index contributed by atoms with van der Waals surface area (Å²) in [4.78, 5) is 13.9.